The number of carbonyl (C=O) groups excluding carboxylic acids is 1. The molecule has 0 unspecified atom stereocenters. The molecule has 4 rings (SSSR count). The smallest absolute Gasteiger partial charge is 0.264 e. The number of halogens is 2. The summed E-state index contributed by atoms with van der Waals surface area (Å²) in [6.45, 7) is 2.84. The largest absolute Gasteiger partial charge is 0.337 e. The molecule has 0 fully saturated rings. The van der Waals surface area contributed by atoms with Crippen molar-refractivity contribution in [3.63, 3.8) is 0 Å². The van der Waals surface area contributed by atoms with Gasteiger partial charge in [0.1, 0.15) is 10.7 Å². The highest BCUT2D eigenvalue weighted by Crippen LogP contribution is 2.31. The molecule has 3 aromatic rings. The van der Waals surface area contributed by atoms with E-state index in [1.807, 2.05) is 13.0 Å². The summed E-state index contributed by atoms with van der Waals surface area (Å²) in [7, 11) is 1.71. The van der Waals surface area contributed by atoms with Gasteiger partial charge < -0.3 is 4.90 Å². The SMILES string of the molecule is Cc1c(C(=O)N(C)Cc2cccc(Cl)c2Cl)sc2nc3n(c(=O)c12)CCC3. The molecule has 0 spiro atoms. The van der Waals surface area contributed by atoms with Crippen LogP contribution in [0.1, 0.15) is 33.0 Å². The zero-order valence-corrected chi connectivity index (χ0v) is 17.2. The molecule has 0 radical (unpaired) electrons. The molecule has 0 aliphatic carbocycles. The van der Waals surface area contributed by atoms with Crippen molar-refractivity contribution < 1.29 is 4.79 Å². The third kappa shape index (κ3) is 3.06. The average molecular weight is 422 g/mol. The van der Waals surface area contributed by atoms with Gasteiger partial charge >= 0.3 is 0 Å². The minimum Gasteiger partial charge on any atom is -0.337 e. The lowest BCUT2D eigenvalue weighted by atomic mass is 10.1. The topological polar surface area (TPSA) is 55.2 Å². The van der Waals surface area contributed by atoms with Crippen molar-refractivity contribution in [1.29, 1.82) is 0 Å². The zero-order chi connectivity index (χ0) is 19.3. The third-order valence-electron chi connectivity index (χ3n) is 4.89. The van der Waals surface area contributed by atoms with Gasteiger partial charge in [-0.05, 0) is 30.5 Å². The summed E-state index contributed by atoms with van der Waals surface area (Å²) in [5.74, 6) is 0.655. The molecule has 0 N–H and O–H groups in total. The Kier molecular flexibility index (Phi) is 4.74. The quantitative estimate of drug-likeness (QED) is 0.633. The molecular weight excluding hydrogens is 405 g/mol. The highest BCUT2D eigenvalue weighted by atomic mass is 35.5. The number of hydrogen-bond donors (Lipinski definition) is 0. The van der Waals surface area contributed by atoms with Gasteiger partial charge in [0.05, 0.1) is 20.3 Å². The zero-order valence-electron chi connectivity index (χ0n) is 14.9. The van der Waals surface area contributed by atoms with E-state index in [0.29, 0.717) is 43.8 Å². The second-order valence-electron chi connectivity index (χ2n) is 6.70. The lowest BCUT2D eigenvalue weighted by Crippen LogP contribution is -2.26. The fourth-order valence-corrected chi connectivity index (χ4v) is 5.02. The summed E-state index contributed by atoms with van der Waals surface area (Å²) in [6.07, 6.45) is 1.74. The van der Waals surface area contributed by atoms with E-state index in [2.05, 4.69) is 4.98 Å². The molecule has 1 aliphatic heterocycles. The highest BCUT2D eigenvalue weighted by molar-refractivity contribution is 7.20. The Hall–Kier alpha value is -1.89. The van der Waals surface area contributed by atoms with Gasteiger partial charge in [0.2, 0.25) is 0 Å². The maximum atomic E-state index is 13.0. The van der Waals surface area contributed by atoms with Crippen LogP contribution in [0.15, 0.2) is 23.0 Å². The van der Waals surface area contributed by atoms with E-state index in [1.54, 1.807) is 28.6 Å². The number of aryl methyl sites for hydroxylation is 2. The number of hydrogen-bond acceptors (Lipinski definition) is 4. The molecule has 1 amide bonds. The molecule has 5 nitrogen and oxygen atoms in total. The number of benzene rings is 1. The van der Waals surface area contributed by atoms with Crippen LogP contribution in [0.3, 0.4) is 0 Å². The van der Waals surface area contributed by atoms with Gasteiger partial charge in [-0.2, -0.15) is 0 Å². The summed E-state index contributed by atoms with van der Waals surface area (Å²) >= 11 is 13.6. The van der Waals surface area contributed by atoms with E-state index in [4.69, 9.17) is 23.2 Å². The molecule has 0 saturated heterocycles. The van der Waals surface area contributed by atoms with Crippen LogP contribution in [0.4, 0.5) is 0 Å². The van der Waals surface area contributed by atoms with E-state index < -0.39 is 0 Å². The number of aromatic nitrogens is 2. The summed E-state index contributed by atoms with van der Waals surface area (Å²) in [5.41, 5.74) is 1.43. The number of nitrogens with zero attached hydrogens (tertiary/aromatic N) is 3. The molecule has 1 aromatic carbocycles. The molecule has 0 bridgehead atoms. The number of fused-ring (bicyclic) bond motifs is 2. The fourth-order valence-electron chi connectivity index (χ4n) is 3.45. The van der Waals surface area contributed by atoms with Crippen LogP contribution in [0, 0.1) is 6.92 Å². The first-order valence-corrected chi connectivity index (χ1v) is 10.2. The fraction of sp³-hybridized carbons (Fsp3) is 0.316. The molecule has 3 heterocycles. The van der Waals surface area contributed by atoms with Crippen LogP contribution in [-0.2, 0) is 19.5 Å². The number of thiophene rings is 1. The summed E-state index contributed by atoms with van der Waals surface area (Å²) in [4.78, 5) is 33.2. The van der Waals surface area contributed by atoms with E-state index in [0.717, 1.165) is 24.2 Å². The Morgan fingerprint density at radius 2 is 2.15 bits per heavy atom. The summed E-state index contributed by atoms with van der Waals surface area (Å²) < 4.78 is 1.73. The lowest BCUT2D eigenvalue weighted by Gasteiger charge is -2.18. The first-order chi connectivity index (χ1) is 12.9. The molecule has 2 aromatic heterocycles. The van der Waals surface area contributed by atoms with Crippen molar-refractivity contribution in [1.82, 2.24) is 14.5 Å². The molecular formula is C19H17Cl2N3O2S. The Labute approximate surface area is 170 Å². The molecule has 0 atom stereocenters. The van der Waals surface area contributed by atoms with Crippen molar-refractivity contribution in [2.75, 3.05) is 7.05 Å². The van der Waals surface area contributed by atoms with Gasteiger partial charge in [0, 0.05) is 26.6 Å². The first-order valence-electron chi connectivity index (χ1n) is 8.59. The van der Waals surface area contributed by atoms with Crippen molar-refractivity contribution in [2.45, 2.75) is 32.9 Å². The standard InChI is InChI=1S/C19H17Cl2N3O2S/c1-10-14-17(22-13-7-4-8-24(13)18(14)25)27-16(10)19(26)23(2)9-11-5-3-6-12(20)15(11)21/h3,5-6H,4,7-9H2,1-2H3. The predicted molar refractivity (Wildman–Crippen MR) is 109 cm³/mol. The molecule has 8 heteroatoms. The van der Waals surface area contributed by atoms with Crippen molar-refractivity contribution in [3.8, 4) is 0 Å². The van der Waals surface area contributed by atoms with Gasteiger partial charge in [-0.25, -0.2) is 4.98 Å². The Bertz CT molecular complexity index is 1140. The minimum atomic E-state index is -0.156. The molecule has 27 heavy (non-hydrogen) atoms. The maximum Gasteiger partial charge on any atom is 0.264 e. The van der Waals surface area contributed by atoms with Crippen LogP contribution in [0.25, 0.3) is 10.2 Å². The number of rotatable bonds is 3. The Morgan fingerprint density at radius 1 is 1.37 bits per heavy atom. The highest BCUT2D eigenvalue weighted by Gasteiger charge is 2.25. The van der Waals surface area contributed by atoms with Crippen molar-refractivity contribution in [3.05, 3.63) is 60.4 Å². The minimum absolute atomic E-state index is 0.0409. The van der Waals surface area contributed by atoms with E-state index in [1.165, 1.54) is 11.3 Å². The predicted octanol–water partition coefficient (Wildman–Crippen LogP) is 4.29. The second kappa shape index (κ2) is 6.93. The molecule has 0 saturated carbocycles. The van der Waals surface area contributed by atoms with Gasteiger partial charge in [0.25, 0.3) is 11.5 Å². The van der Waals surface area contributed by atoms with Gasteiger partial charge in [-0.1, -0.05) is 35.3 Å². The second-order valence-corrected chi connectivity index (χ2v) is 8.48. The number of amides is 1. The monoisotopic (exact) mass is 421 g/mol. The van der Waals surface area contributed by atoms with E-state index >= 15 is 0 Å². The van der Waals surface area contributed by atoms with E-state index in [-0.39, 0.29) is 11.5 Å². The molecule has 140 valence electrons. The van der Waals surface area contributed by atoms with Crippen LogP contribution in [0.5, 0.6) is 0 Å². The van der Waals surface area contributed by atoms with Crippen LogP contribution < -0.4 is 5.56 Å². The average Bonchev–Trinajstić information content (AvgIpc) is 3.23. The van der Waals surface area contributed by atoms with Gasteiger partial charge in [-0.15, -0.1) is 11.3 Å². The summed E-state index contributed by atoms with van der Waals surface area (Å²) in [5, 5.41) is 1.46. The van der Waals surface area contributed by atoms with Gasteiger partial charge in [0.15, 0.2) is 0 Å². The van der Waals surface area contributed by atoms with E-state index in [9.17, 15) is 9.59 Å². The Balaban J connectivity index is 1.70. The van der Waals surface area contributed by atoms with Crippen molar-refractivity contribution in [2.24, 2.45) is 0 Å². The van der Waals surface area contributed by atoms with Crippen LogP contribution in [0.2, 0.25) is 10.0 Å². The van der Waals surface area contributed by atoms with Crippen LogP contribution in [-0.4, -0.2) is 27.4 Å². The number of carbonyl (C=O) groups is 1. The Morgan fingerprint density at radius 3 is 2.93 bits per heavy atom. The van der Waals surface area contributed by atoms with Crippen molar-refractivity contribution >= 4 is 50.7 Å². The van der Waals surface area contributed by atoms with Crippen LogP contribution >= 0.6 is 34.5 Å². The normalized spacial score (nSPS) is 13.2. The first kappa shape index (κ1) is 18.5. The third-order valence-corrected chi connectivity index (χ3v) is 6.92. The lowest BCUT2D eigenvalue weighted by molar-refractivity contribution is 0.0789. The maximum absolute atomic E-state index is 13.0. The van der Waals surface area contributed by atoms with Gasteiger partial charge in [-0.3, -0.25) is 14.2 Å². The summed E-state index contributed by atoms with van der Waals surface area (Å²) in [6, 6.07) is 5.36. The molecule has 1 aliphatic rings.